The summed E-state index contributed by atoms with van der Waals surface area (Å²) in [5.74, 6) is 0.842. The first kappa shape index (κ1) is 17.3. The van der Waals surface area contributed by atoms with Crippen LogP contribution in [-0.4, -0.2) is 0 Å². The second-order valence-corrected chi connectivity index (χ2v) is 9.77. The SMILES string of the molecule is CC1(C)C2=Cc3ccc4cccc5c4c3C(C=C5)C2c2ccc(-c3ccccc3)cc21. The summed E-state index contributed by atoms with van der Waals surface area (Å²) in [5.41, 5.74) is 11.5. The van der Waals surface area contributed by atoms with Gasteiger partial charge in [0.05, 0.1) is 0 Å². The van der Waals surface area contributed by atoms with Crippen LogP contribution < -0.4 is 0 Å². The maximum absolute atomic E-state index is 2.51. The van der Waals surface area contributed by atoms with Crippen LogP contribution in [0, 0.1) is 0 Å². The third-order valence-corrected chi connectivity index (χ3v) is 7.86. The number of fused-ring (bicyclic) bond motifs is 4. The van der Waals surface area contributed by atoms with Gasteiger partial charge in [-0.25, -0.2) is 0 Å². The van der Waals surface area contributed by atoms with Gasteiger partial charge < -0.3 is 0 Å². The molecule has 7 rings (SSSR count). The van der Waals surface area contributed by atoms with E-state index < -0.39 is 0 Å². The highest BCUT2D eigenvalue weighted by atomic mass is 14.5. The van der Waals surface area contributed by atoms with Gasteiger partial charge in [-0.05, 0) is 55.8 Å². The minimum absolute atomic E-state index is 0.0300. The standard InChI is InChI=1S/C31H24/c1-31(2)26-17-22(19-7-4-3-5-8-19)14-15-24(26)30-25-16-13-21-10-6-9-20-11-12-23(18-27(30)31)29(25)28(20)21/h3-18,25,30H,1-2H3. The van der Waals surface area contributed by atoms with Crippen molar-refractivity contribution in [1.82, 2.24) is 0 Å². The Bertz CT molecular complexity index is 1450. The molecule has 0 bridgehead atoms. The Morgan fingerprint density at radius 1 is 0.742 bits per heavy atom. The van der Waals surface area contributed by atoms with Gasteiger partial charge in [0.15, 0.2) is 0 Å². The number of benzene rings is 4. The molecule has 0 radical (unpaired) electrons. The summed E-state index contributed by atoms with van der Waals surface area (Å²) in [6.45, 7) is 4.83. The van der Waals surface area contributed by atoms with Crippen LogP contribution in [0.5, 0.6) is 0 Å². The van der Waals surface area contributed by atoms with E-state index >= 15 is 0 Å². The molecule has 0 aliphatic heterocycles. The molecule has 2 atom stereocenters. The van der Waals surface area contributed by atoms with Crippen LogP contribution in [0.15, 0.2) is 90.5 Å². The van der Waals surface area contributed by atoms with Crippen LogP contribution in [0.2, 0.25) is 0 Å². The quantitative estimate of drug-likeness (QED) is 0.305. The van der Waals surface area contributed by atoms with E-state index in [4.69, 9.17) is 0 Å². The molecule has 4 aromatic rings. The Labute approximate surface area is 183 Å². The maximum atomic E-state index is 2.51. The molecule has 4 aromatic carbocycles. The van der Waals surface area contributed by atoms with Gasteiger partial charge in [0.25, 0.3) is 0 Å². The van der Waals surface area contributed by atoms with E-state index in [0.717, 1.165) is 0 Å². The molecule has 3 aliphatic rings. The average Bonchev–Trinajstić information content (AvgIpc) is 3.04. The molecule has 0 N–H and O–H groups in total. The molecule has 0 spiro atoms. The summed E-state index contributed by atoms with van der Waals surface area (Å²) in [6, 6.07) is 29.3. The highest BCUT2D eigenvalue weighted by Crippen LogP contribution is 2.61. The highest BCUT2D eigenvalue weighted by molar-refractivity contribution is 5.99. The van der Waals surface area contributed by atoms with E-state index in [0.29, 0.717) is 11.8 Å². The summed E-state index contributed by atoms with van der Waals surface area (Å²) >= 11 is 0. The molecule has 0 amide bonds. The number of allylic oxidation sites excluding steroid dienone is 2. The summed E-state index contributed by atoms with van der Waals surface area (Å²) in [7, 11) is 0. The van der Waals surface area contributed by atoms with Crippen molar-refractivity contribution in [2.75, 3.05) is 0 Å². The van der Waals surface area contributed by atoms with E-state index in [9.17, 15) is 0 Å². The molecule has 0 aromatic heterocycles. The Morgan fingerprint density at radius 2 is 1.61 bits per heavy atom. The summed E-state index contributed by atoms with van der Waals surface area (Å²) < 4.78 is 0. The fraction of sp³-hybridized carbons (Fsp3) is 0.161. The Kier molecular flexibility index (Phi) is 3.27. The molecular formula is C31H24. The van der Waals surface area contributed by atoms with Crippen molar-refractivity contribution < 1.29 is 0 Å². The molecule has 0 heterocycles. The van der Waals surface area contributed by atoms with E-state index in [2.05, 4.69) is 111 Å². The molecule has 3 aliphatic carbocycles. The van der Waals surface area contributed by atoms with Crippen molar-refractivity contribution in [2.24, 2.45) is 0 Å². The minimum Gasteiger partial charge on any atom is -0.0754 e. The van der Waals surface area contributed by atoms with Crippen molar-refractivity contribution in [3.8, 4) is 11.1 Å². The molecule has 0 saturated heterocycles. The van der Waals surface area contributed by atoms with E-state index in [1.54, 1.807) is 5.57 Å². The van der Waals surface area contributed by atoms with Gasteiger partial charge in [0.2, 0.25) is 0 Å². The molecule has 0 saturated carbocycles. The summed E-state index contributed by atoms with van der Waals surface area (Å²) in [5, 5.41) is 2.81. The number of hydrogen-bond donors (Lipinski definition) is 0. The van der Waals surface area contributed by atoms with Crippen LogP contribution in [0.25, 0.3) is 34.1 Å². The molecule has 0 fully saturated rings. The normalized spacial score (nSPS) is 21.5. The lowest BCUT2D eigenvalue weighted by Crippen LogP contribution is -2.22. The Morgan fingerprint density at radius 3 is 2.48 bits per heavy atom. The van der Waals surface area contributed by atoms with Gasteiger partial charge in [-0.2, -0.15) is 0 Å². The van der Waals surface area contributed by atoms with Crippen molar-refractivity contribution in [3.05, 3.63) is 118 Å². The second-order valence-electron chi connectivity index (χ2n) is 9.77. The topological polar surface area (TPSA) is 0 Å². The van der Waals surface area contributed by atoms with Crippen molar-refractivity contribution in [1.29, 1.82) is 0 Å². The van der Waals surface area contributed by atoms with Crippen LogP contribution in [0.3, 0.4) is 0 Å². The van der Waals surface area contributed by atoms with Gasteiger partial charge in [-0.3, -0.25) is 0 Å². The monoisotopic (exact) mass is 396 g/mol. The summed E-state index contributed by atoms with van der Waals surface area (Å²) in [4.78, 5) is 0. The Balaban J connectivity index is 1.48. The predicted molar refractivity (Wildman–Crippen MR) is 131 cm³/mol. The first-order valence-electron chi connectivity index (χ1n) is 11.3. The third-order valence-electron chi connectivity index (χ3n) is 7.86. The van der Waals surface area contributed by atoms with E-state index in [1.807, 2.05) is 0 Å². The fourth-order valence-corrected chi connectivity index (χ4v) is 6.37. The van der Waals surface area contributed by atoms with Gasteiger partial charge in [0.1, 0.15) is 0 Å². The maximum Gasteiger partial charge on any atom is 0.0167 e. The zero-order valence-corrected chi connectivity index (χ0v) is 17.9. The highest BCUT2D eigenvalue weighted by Gasteiger charge is 2.47. The molecule has 148 valence electrons. The first-order chi connectivity index (χ1) is 15.1. The second kappa shape index (κ2) is 5.86. The molecular weight excluding hydrogens is 372 g/mol. The van der Waals surface area contributed by atoms with Crippen LogP contribution >= 0.6 is 0 Å². The predicted octanol–water partition coefficient (Wildman–Crippen LogP) is 8.09. The zero-order valence-electron chi connectivity index (χ0n) is 17.9. The van der Waals surface area contributed by atoms with Gasteiger partial charge >= 0.3 is 0 Å². The lowest BCUT2D eigenvalue weighted by Gasteiger charge is -2.36. The van der Waals surface area contributed by atoms with Crippen LogP contribution in [0.4, 0.5) is 0 Å². The van der Waals surface area contributed by atoms with E-state index in [-0.39, 0.29) is 5.41 Å². The van der Waals surface area contributed by atoms with Gasteiger partial charge in [-0.15, -0.1) is 0 Å². The Hall–Kier alpha value is -3.38. The molecule has 0 heteroatoms. The molecule has 2 unspecified atom stereocenters. The summed E-state index contributed by atoms with van der Waals surface area (Å²) in [6.07, 6.45) is 7.33. The molecule has 0 nitrogen and oxygen atoms in total. The fourth-order valence-electron chi connectivity index (χ4n) is 6.37. The lowest BCUT2D eigenvalue weighted by molar-refractivity contribution is 0.595. The van der Waals surface area contributed by atoms with Crippen molar-refractivity contribution >= 4 is 22.9 Å². The van der Waals surface area contributed by atoms with Gasteiger partial charge in [0, 0.05) is 17.3 Å². The molecule has 31 heavy (non-hydrogen) atoms. The lowest BCUT2D eigenvalue weighted by atomic mass is 9.67. The first-order valence-corrected chi connectivity index (χ1v) is 11.3. The largest absolute Gasteiger partial charge is 0.0754 e. The zero-order chi connectivity index (χ0) is 20.7. The smallest absolute Gasteiger partial charge is 0.0167 e. The number of hydrogen-bond acceptors (Lipinski definition) is 0. The van der Waals surface area contributed by atoms with Crippen LogP contribution in [0.1, 0.15) is 53.5 Å². The van der Waals surface area contributed by atoms with Crippen molar-refractivity contribution in [3.63, 3.8) is 0 Å². The van der Waals surface area contributed by atoms with Crippen molar-refractivity contribution in [2.45, 2.75) is 31.1 Å². The minimum atomic E-state index is 0.0300. The van der Waals surface area contributed by atoms with Crippen LogP contribution in [-0.2, 0) is 5.41 Å². The average molecular weight is 397 g/mol. The van der Waals surface area contributed by atoms with Gasteiger partial charge in [-0.1, -0.05) is 110 Å². The third kappa shape index (κ3) is 2.20. The van der Waals surface area contributed by atoms with E-state index in [1.165, 1.54) is 49.7 Å². The number of rotatable bonds is 1.